The molecule has 9 heteroatoms. The molecular weight excluding hydrogens is 352 g/mol. The lowest BCUT2D eigenvalue weighted by molar-refractivity contribution is 0.0602. The van der Waals surface area contributed by atoms with Gasteiger partial charge in [0.2, 0.25) is 0 Å². The minimum absolute atomic E-state index is 0.0901. The van der Waals surface area contributed by atoms with E-state index >= 15 is 0 Å². The van der Waals surface area contributed by atoms with Crippen molar-refractivity contribution < 1.29 is 13.9 Å². The zero-order valence-electron chi connectivity index (χ0n) is 12.8. The van der Waals surface area contributed by atoms with Crippen molar-refractivity contribution in [1.29, 1.82) is 0 Å². The van der Waals surface area contributed by atoms with E-state index < -0.39 is 5.97 Å². The van der Waals surface area contributed by atoms with E-state index in [-0.39, 0.29) is 10.4 Å². The van der Waals surface area contributed by atoms with Crippen molar-refractivity contribution in [3.8, 4) is 0 Å². The quantitative estimate of drug-likeness (QED) is 0.324. The van der Waals surface area contributed by atoms with Gasteiger partial charge < -0.3 is 14.9 Å². The average Bonchev–Trinajstić information content (AvgIpc) is 2.96. The number of esters is 1. The van der Waals surface area contributed by atoms with Crippen LogP contribution in [0, 0.1) is 0 Å². The summed E-state index contributed by atoms with van der Waals surface area (Å²) in [5.74, 6) is -0.159. The Morgan fingerprint density at radius 2 is 2.21 bits per heavy atom. The summed E-state index contributed by atoms with van der Waals surface area (Å²) < 4.78 is 10.1. The van der Waals surface area contributed by atoms with Crippen LogP contribution in [-0.4, -0.2) is 28.0 Å². The predicted octanol–water partition coefficient (Wildman–Crippen LogP) is 3.49. The highest BCUT2D eigenvalue weighted by Crippen LogP contribution is 2.34. The lowest BCUT2D eigenvalue weighted by Gasteiger charge is -2.10. The number of methoxy groups -OCH3 is 1. The Balaban J connectivity index is 1.91. The Bertz CT molecular complexity index is 895. The molecule has 1 unspecified atom stereocenters. The number of ether oxygens (including phenoxy) is 1. The highest BCUT2D eigenvalue weighted by atomic mass is 35.5. The lowest BCUT2D eigenvalue weighted by Crippen LogP contribution is -2.01. The fourth-order valence-corrected chi connectivity index (χ4v) is 3.24. The van der Waals surface area contributed by atoms with E-state index in [1.54, 1.807) is 12.3 Å². The summed E-state index contributed by atoms with van der Waals surface area (Å²) >= 11 is 7.25. The number of aromatic nitrogens is 3. The van der Waals surface area contributed by atoms with Gasteiger partial charge in [0.25, 0.3) is 0 Å². The van der Waals surface area contributed by atoms with Crippen molar-refractivity contribution >= 4 is 46.1 Å². The molecule has 7 nitrogen and oxygen atoms in total. The van der Waals surface area contributed by atoms with Gasteiger partial charge in [-0.2, -0.15) is 0 Å². The Morgan fingerprint density at radius 1 is 1.42 bits per heavy atom. The van der Waals surface area contributed by atoms with Gasteiger partial charge >= 0.3 is 5.97 Å². The molecule has 0 saturated carbocycles. The van der Waals surface area contributed by atoms with E-state index in [1.165, 1.54) is 31.2 Å². The Labute approximate surface area is 146 Å². The van der Waals surface area contributed by atoms with Crippen molar-refractivity contribution in [2.75, 3.05) is 12.8 Å². The summed E-state index contributed by atoms with van der Waals surface area (Å²) in [6.07, 6.45) is 2.93. The third-order valence-corrected chi connectivity index (χ3v) is 4.46. The number of anilines is 1. The predicted molar refractivity (Wildman–Crippen MR) is 91.1 cm³/mol. The number of furan rings is 1. The van der Waals surface area contributed by atoms with E-state index in [9.17, 15) is 4.79 Å². The highest BCUT2D eigenvalue weighted by Gasteiger charge is 2.18. The standard InChI is InChI=1S/C15H13ClN4O3S/c1-7(24-15-19-12(16)4-13(17)20-15)10-3-8-9(14(21)22-2)6-23-11(8)5-18-10/h3-7H,1-2H3,(H2,17,19,20). The monoisotopic (exact) mass is 364 g/mol. The van der Waals surface area contributed by atoms with Gasteiger partial charge in [-0.1, -0.05) is 23.4 Å². The largest absolute Gasteiger partial charge is 0.465 e. The molecule has 0 aliphatic heterocycles. The van der Waals surface area contributed by atoms with Crippen LogP contribution in [-0.2, 0) is 4.74 Å². The molecule has 3 heterocycles. The molecule has 0 amide bonds. The van der Waals surface area contributed by atoms with E-state index in [0.717, 1.165) is 5.69 Å². The normalized spacial score (nSPS) is 12.3. The molecule has 0 spiro atoms. The molecule has 124 valence electrons. The molecule has 3 rings (SSSR count). The van der Waals surface area contributed by atoms with Gasteiger partial charge in [-0.3, -0.25) is 4.98 Å². The van der Waals surface area contributed by atoms with Gasteiger partial charge in [0.05, 0.1) is 24.3 Å². The topological polar surface area (TPSA) is 104 Å². The third kappa shape index (κ3) is 3.29. The molecule has 3 aromatic heterocycles. The first kappa shape index (κ1) is 16.5. The number of carbonyl (C=O) groups is 1. The van der Waals surface area contributed by atoms with Crippen molar-refractivity contribution in [3.63, 3.8) is 0 Å². The van der Waals surface area contributed by atoms with Crippen LogP contribution in [0.3, 0.4) is 0 Å². The number of hydrogen-bond acceptors (Lipinski definition) is 8. The molecule has 0 fully saturated rings. The molecule has 24 heavy (non-hydrogen) atoms. The van der Waals surface area contributed by atoms with Crippen molar-refractivity contribution in [2.24, 2.45) is 0 Å². The van der Waals surface area contributed by atoms with Crippen molar-refractivity contribution in [3.05, 3.63) is 41.0 Å². The van der Waals surface area contributed by atoms with E-state index in [4.69, 9.17) is 26.5 Å². The van der Waals surface area contributed by atoms with Crippen LogP contribution in [0.5, 0.6) is 0 Å². The number of hydrogen-bond donors (Lipinski definition) is 1. The molecule has 2 N–H and O–H groups in total. The van der Waals surface area contributed by atoms with Gasteiger partial charge in [0.1, 0.15) is 22.8 Å². The SMILES string of the molecule is COC(=O)c1coc2cnc(C(C)Sc3nc(N)cc(Cl)n3)cc12. The minimum Gasteiger partial charge on any atom is -0.465 e. The van der Waals surface area contributed by atoms with Crippen LogP contribution in [0.1, 0.15) is 28.2 Å². The number of pyridine rings is 1. The van der Waals surface area contributed by atoms with E-state index in [2.05, 4.69) is 15.0 Å². The number of nitrogens with zero attached hydrogens (tertiary/aromatic N) is 3. The maximum atomic E-state index is 11.8. The average molecular weight is 365 g/mol. The van der Waals surface area contributed by atoms with Crippen molar-refractivity contribution in [2.45, 2.75) is 17.3 Å². The van der Waals surface area contributed by atoms with Crippen LogP contribution in [0.2, 0.25) is 5.15 Å². The summed E-state index contributed by atoms with van der Waals surface area (Å²) in [6.45, 7) is 1.94. The second kappa shape index (κ2) is 6.66. The number of fused-ring (bicyclic) bond motifs is 1. The minimum atomic E-state index is -0.461. The van der Waals surface area contributed by atoms with Crippen molar-refractivity contribution in [1.82, 2.24) is 15.0 Å². The van der Waals surface area contributed by atoms with Crippen LogP contribution in [0.15, 0.2) is 34.2 Å². The highest BCUT2D eigenvalue weighted by molar-refractivity contribution is 7.99. The van der Waals surface area contributed by atoms with E-state index in [1.807, 2.05) is 6.92 Å². The second-order valence-corrected chi connectivity index (χ2v) is 6.60. The zero-order valence-corrected chi connectivity index (χ0v) is 14.4. The van der Waals surface area contributed by atoms with Crippen LogP contribution >= 0.6 is 23.4 Å². The molecular formula is C15H13ClN4O3S. The Hall–Kier alpha value is -2.32. The molecule has 0 saturated heterocycles. The third-order valence-electron chi connectivity index (χ3n) is 3.28. The fourth-order valence-electron chi connectivity index (χ4n) is 2.12. The molecule has 0 aromatic carbocycles. The van der Waals surface area contributed by atoms with Gasteiger partial charge in [0, 0.05) is 11.5 Å². The van der Waals surface area contributed by atoms with E-state index in [0.29, 0.717) is 27.5 Å². The number of carbonyl (C=O) groups excluding carboxylic acids is 1. The number of thioether (sulfide) groups is 1. The van der Waals surface area contributed by atoms with Crippen LogP contribution in [0.4, 0.5) is 5.82 Å². The number of nitrogens with two attached hydrogens (primary N) is 1. The fraction of sp³-hybridized carbons (Fsp3) is 0.200. The molecule has 0 radical (unpaired) electrons. The number of rotatable bonds is 4. The maximum absolute atomic E-state index is 11.8. The smallest absolute Gasteiger partial charge is 0.341 e. The van der Waals surface area contributed by atoms with Gasteiger partial charge in [-0.15, -0.1) is 0 Å². The summed E-state index contributed by atoms with van der Waals surface area (Å²) in [7, 11) is 1.32. The molecule has 0 bridgehead atoms. The first-order valence-corrected chi connectivity index (χ1v) is 8.16. The second-order valence-electron chi connectivity index (χ2n) is 4.90. The first-order chi connectivity index (χ1) is 11.5. The van der Waals surface area contributed by atoms with Crippen LogP contribution in [0.25, 0.3) is 11.0 Å². The van der Waals surface area contributed by atoms with Gasteiger partial charge in [-0.25, -0.2) is 14.8 Å². The summed E-state index contributed by atoms with van der Waals surface area (Å²) in [5, 5.41) is 1.29. The van der Waals surface area contributed by atoms with Gasteiger partial charge in [0.15, 0.2) is 10.7 Å². The summed E-state index contributed by atoms with van der Waals surface area (Å²) in [5.41, 5.74) is 7.28. The van der Waals surface area contributed by atoms with Crippen LogP contribution < -0.4 is 5.73 Å². The lowest BCUT2D eigenvalue weighted by atomic mass is 10.1. The van der Waals surface area contributed by atoms with Gasteiger partial charge in [-0.05, 0) is 13.0 Å². The first-order valence-electron chi connectivity index (χ1n) is 6.90. The molecule has 0 aliphatic carbocycles. The number of halogens is 1. The molecule has 0 aliphatic rings. The summed E-state index contributed by atoms with van der Waals surface area (Å²) in [4.78, 5) is 24.4. The Morgan fingerprint density at radius 3 is 2.92 bits per heavy atom. The Kier molecular flexibility index (Phi) is 4.59. The zero-order chi connectivity index (χ0) is 17.3. The molecule has 3 aromatic rings. The molecule has 1 atom stereocenters. The maximum Gasteiger partial charge on any atom is 0.341 e. The summed E-state index contributed by atoms with van der Waals surface area (Å²) in [6, 6.07) is 3.27. The number of nitrogen functional groups attached to an aromatic ring is 1.